The number of nitrogens with one attached hydrogen (secondary N) is 2. The molecule has 2 N–H and O–H groups in total. The van der Waals surface area contributed by atoms with Crippen molar-refractivity contribution in [3.63, 3.8) is 0 Å². The van der Waals surface area contributed by atoms with Crippen molar-refractivity contribution < 1.29 is 4.79 Å². The molecule has 1 aliphatic carbocycles. The van der Waals surface area contributed by atoms with Gasteiger partial charge in [-0.1, -0.05) is 13.3 Å². The van der Waals surface area contributed by atoms with Crippen LogP contribution < -0.4 is 10.6 Å². The number of rotatable bonds is 2. The van der Waals surface area contributed by atoms with E-state index in [1.54, 1.807) is 0 Å². The Balaban J connectivity index is 1.57. The van der Waals surface area contributed by atoms with Crippen molar-refractivity contribution in [2.75, 3.05) is 0 Å². The van der Waals surface area contributed by atoms with E-state index in [1.807, 2.05) is 0 Å². The SMILES string of the molecule is CC1(C(=O)NC2CC3CCC(C2)N3)CCC1. The minimum atomic E-state index is -0.0378. The molecule has 2 bridgehead atoms. The molecular weight excluding hydrogens is 200 g/mol. The van der Waals surface area contributed by atoms with Crippen LogP contribution in [0.1, 0.15) is 51.9 Å². The van der Waals surface area contributed by atoms with Gasteiger partial charge in [0.05, 0.1) is 0 Å². The lowest BCUT2D eigenvalue weighted by Gasteiger charge is -2.39. The molecule has 90 valence electrons. The highest BCUT2D eigenvalue weighted by Crippen LogP contribution is 2.40. The molecule has 2 saturated heterocycles. The van der Waals surface area contributed by atoms with Gasteiger partial charge < -0.3 is 10.6 Å². The summed E-state index contributed by atoms with van der Waals surface area (Å²) >= 11 is 0. The lowest BCUT2D eigenvalue weighted by Crippen LogP contribution is -2.52. The second-order valence-corrected chi connectivity index (χ2v) is 6.19. The van der Waals surface area contributed by atoms with Crippen LogP contribution in [0.2, 0.25) is 0 Å². The van der Waals surface area contributed by atoms with Crippen molar-refractivity contribution in [3.8, 4) is 0 Å². The fourth-order valence-electron chi connectivity index (χ4n) is 3.47. The highest BCUT2D eigenvalue weighted by Gasteiger charge is 2.41. The lowest BCUT2D eigenvalue weighted by atomic mass is 9.69. The third-order valence-corrected chi connectivity index (χ3v) is 4.81. The zero-order chi connectivity index (χ0) is 11.2. The van der Waals surface area contributed by atoms with E-state index < -0.39 is 0 Å². The maximum Gasteiger partial charge on any atom is 0.226 e. The van der Waals surface area contributed by atoms with E-state index in [2.05, 4.69) is 17.6 Å². The highest BCUT2D eigenvalue weighted by atomic mass is 16.2. The van der Waals surface area contributed by atoms with E-state index in [4.69, 9.17) is 0 Å². The Morgan fingerprint density at radius 2 is 1.88 bits per heavy atom. The van der Waals surface area contributed by atoms with Crippen molar-refractivity contribution in [2.24, 2.45) is 5.41 Å². The Morgan fingerprint density at radius 3 is 2.38 bits per heavy atom. The van der Waals surface area contributed by atoms with E-state index in [0.717, 1.165) is 25.7 Å². The van der Waals surface area contributed by atoms with Gasteiger partial charge in [-0.25, -0.2) is 0 Å². The fourth-order valence-corrected chi connectivity index (χ4v) is 3.47. The smallest absolute Gasteiger partial charge is 0.226 e. The molecule has 3 heteroatoms. The maximum absolute atomic E-state index is 12.1. The molecule has 0 radical (unpaired) electrons. The first kappa shape index (κ1) is 10.6. The molecule has 0 aromatic carbocycles. The average molecular weight is 222 g/mol. The predicted octanol–water partition coefficient (Wildman–Crippen LogP) is 1.58. The van der Waals surface area contributed by atoms with E-state index in [9.17, 15) is 4.79 Å². The van der Waals surface area contributed by atoms with Gasteiger partial charge in [0.25, 0.3) is 0 Å². The van der Waals surface area contributed by atoms with Gasteiger partial charge >= 0.3 is 0 Å². The van der Waals surface area contributed by atoms with E-state index >= 15 is 0 Å². The Labute approximate surface area is 97.4 Å². The first-order valence-electron chi connectivity index (χ1n) is 6.73. The van der Waals surface area contributed by atoms with Crippen molar-refractivity contribution in [3.05, 3.63) is 0 Å². The summed E-state index contributed by atoms with van der Waals surface area (Å²) in [5.41, 5.74) is -0.0378. The number of amides is 1. The van der Waals surface area contributed by atoms with Gasteiger partial charge in [0.15, 0.2) is 0 Å². The summed E-state index contributed by atoms with van der Waals surface area (Å²) in [6.07, 6.45) is 8.26. The van der Waals surface area contributed by atoms with Crippen LogP contribution in [0.3, 0.4) is 0 Å². The largest absolute Gasteiger partial charge is 0.353 e. The fraction of sp³-hybridized carbons (Fsp3) is 0.923. The summed E-state index contributed by atoms with van der Waals surface area (Å²) in [6, 6.07) is 1.76. The summed E-state index contributed by atoms with van der Waals surface area (Å²) in [5.74, 6) is 0.310. The van der Waals surface area contributed by atoms with E-state index in [0.29, 0.717) is 24.0 Å². The normalized spacial score (nSPS) is 40.2. The van der Waals surface area contributed by atoms with Crippen LogP contribution in [0.5, 0.6) is 0 Å². The molecule has 3 nitrogen and oxygen atoms in total. The summed E-state index contributed by atoms with van der Waals surface area (Å²) in [5, 5.41) is 6.89. The van der Waals surface area contributed by atoms with Crippen LogP contribution in [0.4, 0.5) is 0 Å². The van der Waals surface area contributed by atoms with Crippen LogP contribution in [0.25, 0.3) is 0 Å². The first-order valence-corrected chi connectivity index (χ1v) is 6.73. The number of hydrogen-bond donors (Lipinski definition) is 2. The molecule has 1 amide bonds. The van der Waals surface area contributed by atoms with E-state index in [1.165, 1.54) is 19.3 Å². The Kier molecular flexibility index (Phi) is 2.46. The van der Waals surface area contributed by atoms with Crippen molar-refractivity contribution in [1.82, 2.24) is 10.6 Å². The van der Waals surface area contributed by atoms with Crippen LogP contribution in [-0.2, 0) is 4.79 Å². The summed E-state index contributed by atoms with van der Waals surface area (Å²) < 4.78 is 0. The average Bonchev–Trinajstić information content (AvgIpc) is 2.54. The highest BCUT2D eigenvalue weighted by molar-refractivity contribution is 5.83. The number of carbonyl (C=O) groups excluding carboxylic acids is 1. The molecule has 3 aliphatic rings. The minimum absolute atomic E-state index is 0.0378. The van der Waals surface area contributed by atoms with Gasteiger partial charge in [-0.3, -0.25) is 4.79 Å². The quantitative estimate of drug-likeness (QED) is 0.744. The monoisotopic (exact) mass is 222 g/mol. The molecule has 2 heterocycles. The maximum atomic E-state index is 12.1. The van der Waals surface area contributed by atoms with Crippen molar-refractivity contribution in [2.45, 2.75) is 70.0 Å². The van der Waals surface area contributed by atoms with Gasteiger partial charge in [0.2, 0.25) is 5.91 Å². The second kappa shape index (κ2) is 3.73. The lowest BCUT2D eigenvalue weighted by molar-refractivity contribution is -0.135. The summed E-state index contributed by atoms with van der Waals surface area (Å²) in [7, 11) is 0. The van der Waals surface area contributed by atoms with Crippen molar-refractivity contribution >= 4 is 5.91 Å². The molecular formula is C13H22N2O. The topological polar surface area (TPSA) is 41.1 Å². The zero-order valence-corrected chi connectivity index (χ0v) is 10.1. The molecule has 2 aliphatic heterocycles. The van der Waals surface area contributed by atoms with Crippen LogP contribution in [0, 0.1) is 5.41 Å². The van der Waals surface area contributed by atoms with Crippen LogP contribution >= 0.6 is 0 Å². The first-order chi connectivity index (χ1) is 7.66. The number of carbonyl (C=O) groups is 1. The van der Waals surface area contributed by atoms with Crippen molar-refractivity contribution in [1.29, 1.82) is 0 Å². The number of piperidine rings is 1. The number of fused-ring (bicyclic) bond motifs is 2. The molecule has 3 fully saturated rings. The van der Waals surface area contributed by atoms with Crippen LogP contribution in [-0.4, -0.2) is 24.0 Å². The van der Waals surface area contributed by atoms with E-state index in [-0.39, 0.29) is 5.41 Å². The molecule has 16 heavy (non-hydrogen) atoms. The van der Waals surface area contributed by atoms with Gasteiger partial charge in [-0.15, -0.1) is 0 Å². The van der Waals surface area contributed by atoms with Gasteiger partial charge in [-0.2, -0.15) is 0 Å². The van der Waals surface area contributed by atoms with Gasteiger partial charge in [-0.05, 0) is 38.5 Å². The zero-order valence-electron chi connectivity index (χ0n) is 10.1. The Morgan fingerprint density at radius 1 is 1.25 bits per heavy atom. The molecule has 0 aromatic heterocycles. The minimum Gasteiger partial charge on any atom is -0.353 e. The predicted molar refractivity (Wildman–Crippen MR) is 63.1 cm³/mol. The molecule has 2 unspecified atom stereocenters. The standard InChI is InChI=1S/C13H22N2O/c1-13(5-2-6-13)12(16)15-11-7-9-3-4-10(8-11)14-9/h9-11,14H,2-8H2,1H3,(H,15,16). The Hall–Kier alpha value is -0.570. The molecule has 0 aromatic rings. The molecule has 3 rings (SSSR count). The molecule has 0 spiro atoms. The summed E-state index contributed by atoms with van der Waals surface area (Å²) in [4.78, 5) is 12.1. The van der Waals surface area contributed by atoms with Gasteiger partial charge in [0, 0.05) is 23.5 Å². The molecule has 2 atom stereocenters. The Bertz CT molecular complexity index is 286. The number of hydrogen-bond acceptors (Lipinski definition) is 2. The van der Waals surface area contributed by atoms with Gasteiger partial charge in [0.1, 0.15) is 0 Å². The second-order valence-electron chi connectivity index (χ2n) is 6.19. The third-order valence-electron chi connectivity index (χ3n) is 4.81. The van der Waals surface area contributed by atoms with Crippen LogP contribution in [0.15, 0.2) is 0 Å². The third kappa shape index (κ3) is 1.75. The molecule has 1 saturated carbocycles. The summed E-state index contributed by atoms with van der Waals surface area (Å²) in [6.45, 7) is 2.11.